The van der Waals surface area contributed by atoms with Gasteiger partial charge in [-0.1, -0.05) is 0 Å². The van der Waals surface area contributed by atoms with Crippen LogP contribution in [0.25, 0.3) is 0 Å². The summed E-state index contributed by atoms with van der Waals surface area (Å²) in [5.41, 5.74) is 1.13. The van der Waals surface area contributed by atoms with Gasteiger partial charge in [-0.2, -0.15) is 13.9 Å². The maximum absolute atomic E-state index is 12.7. The highest BCUT2D eigenvalue weighted by molar-refractivity contribution is 6.06. The average molecular weight is 396 g/mol. The Morgan fingerprint density at radius 2 is 2.25 bits per heavy atom. The zero-order valence-electron chi connectivity index (χ0n) is 15.7. The Bertz CT molecular complexity index is 805. The van der Waals surface area contributed by atoms with Gasteiger partial charge in [-0.25, -0.2) is 9.67 Å². The van der Waals surface area contributed by atoms with Gasteiger partial charge >= 0.3 is 6.61 Å². The van der Waals surface area contributed by atoms with Crippen LogP contribution in [0.4, 0.5) is 14.5 Å². The van der Waals surface area contributed by atoms with E-state index in [1.165, 1.54) is 23.0 Å². The Morgan fingerprint density at radius 1 is 1.43 bits per heavy atom. The highest BCUT2D eigenvalue weighted by atomic mass is 19.3. The number of aromatic nitrogens is 3. The molecule has 2 aromatic rings. The fourth-order valence-electron chi connectivity index (χ4n) is 2.98. The number of carbonyl (C=O) groups excluding carboxylic acids is 1. The molecule has 0 saturated carbocycles. The summed E-state index contributed by atoms with van der Waals surface area (Å²) in [4.78, 5) is 16.5. The van der Waals surface area contributed by atoms with E-state index in [0.29, 0.717) is 36.0 Å². The van der Waals surface area contributed by atoms with Gasteiger partial charge in [-0.3, -0.25) is 4.79 Å². The zero-order chi connectivity index (χ0) is 20.1. The molecule has 1 amide bonds. The van der Waals surface area contributed by atoms with E-state index in [1.54, 1.807) is 14.0 Å². The third-order valence-corrected chi connectivity index (χ3v) is 4.28. The van der Waals surface area contributed by atoms with Gasteiger partial charge in [0.05, 0.1) is 23.7 Å². The summed E-state index contributed by atoms with van der Waals surface area (Å²) in [6.07, 6.45) is 4.27. The molecule has 1 fully saturated rings. The van der Waals surface area contributed by atoms with Crippen LogP contribution >= 0.6 is 0 Å². The molecule has 0 bridgehead atoms. The van der Waals surface area contributed by atoms with Gasteiger partial charge in [0.2, 0.25) is 11.8 Å². The maximum Gasteiger partial charge on any atom is 0.388 e. The fraction of sp³-hybridized carbons (Fsp3) is 0.500. The number of halogens is 2. The van der Waals surface area contributed by atoms with E-state index in [-0.39, 0.29) is 12.0 Å². The molecule has 3 rings (SSSR count). The summed E-state index contributed by atoms with van der Waals surface area (Å²) in [6, 6.07) is 2.67. The van der Waals surface area contributed by atoms with Gasteiger partial charge in [0.25, 0.3) is 5.91 Å². The molecule has 1 saturated heterocycles. The summed E-state index contributed by atoms with van der Waals surface area (Å²) in [6.45, 7) is -0.208. The standard InChI is InChI=1S/C18H22F2N4O4/c1-11-15(16(25)22-12-6-7-14(21-9-12)28-18(19)20)17(24(2)23-11)27-10-13-5-3-4-8-26-13/h6-7,9,13,18H,3-5,8,10H2,1-2H3,(H,22,25). The molecule has 1 unspecified atom stereocenters. The van der Waals surface area contributed by atoms with E-state index in [9.17, 15) is 13.6 Å². The van der Waals surface area contributed by atoms with E-state index >= 15 is 0 Å². The van der Waals surface area contributed by atoms with Gasteiger partial charge in [0.1, 0.15) is 12.2 Å². The summed E-state index contributed by atoms with van der Waals surface area (Å²) in [7, 11) is 1.69. The van der Waals surface area contributed by atoms with E-state index in [2.05, 4.69) is 20.1 Å². The number of ether oxygens (including phenoxy) is 3. The van der Waals surface area contributed by atoms with Crippen molar-refractivity contribution in [1.82, 2.24) is 14.8 Å². The lowest BCUT2D eigenvalue weighted by molar-refractivity contribution is -0.0528. The summed E-state index contributed by atoms with van der Waals surface area (Å²) in [5.74, 6) is -0.327. The molecule has 8 nitrogen and oxygen atoms in total. The number of alkyl halides is 2. The van der Waals surface area contributed by atoms with Crippen LogP contribution in [0.2, 0.25) is 0 Å². The lowest BCUT2D eigenvalue weighted by Crippen LogP contribution is -2.27. The average Bonchev–Trinajstić information content (AvgIpc) is 2.95. The second kappa shape index (κ2) is 8.96. The first kappa shape index (κ1) is 20.0. The Morgan fingerprint density at radius 3 is 2.89 bits per heavy atom. The van der Waals surface area contributed by atoms with E-state index in [0.717, 1.165) is 19.3 Å². The number of pyridine rings is 1. The van der Waals surface area contributed by atoms with E-state index in [1.807, 2.05) is 0 Å². The summed E-state index contributed by atoms with van der Waals surface area (Å²) >= 11 is 0. The lowest BCUT2D eigenvalue weighted by atomic mass is 10.1. The molecule has 0 aliphatic carbocycles. The van der Waals surface area contributed by atoms with Gasteiger partial charge in [-0.05, 0) is 32.3 Å². The van der Waals surface area contributed by atoms with Crippen LogP contribution in [-0.4, -0.2) is 46.6 Å². The van der Waals surface area contributed by atoms with E-state index in [4.69, 9.17) is 9.47 Å². The molecule has 3 heterocycles. The molecule has 0 aromatic carbocycles. The van der Waals surface area contributed by atoms with Crippen LogP contribution in [0.1, 0.15) is 35.3 Å². The molecule has 1 atom stereocenters. The van der Waals surface area contributed by atoms with Crippen molar-refractivity contribution >= 4 is 11.6 Å². The van der Waals surface area contributed by atoms with Gasteiger partial charge < -0.3 is 19.5 Å². The molecule has 28 heavy (non-hydrogen) atoms. The Balaban J connectivity index is 1.68. The third kappa shape index (κ3) is 4.94. The number of hydrogen-bond acceptors (Lipinski definition) is 6. The maximum atomic E-state index is 12.7. The van der Waals surface area contributed by atoms with Crippen LogP contribution in [0.15, 0.2) is 18.3 Å². The smallest absolute Gasteiger partial charge is 0.388 e. The van der Waals surface area contributed by atoms with Crippen LogP contribution in [0.5, 0.6) is 11.8 Å². The molecule has 152 valence electrons. The van der Waals surface area contributed by atoms with Gasteiger partial charge in [0.15, 0.2) is 0 Å². The Hall–Kier alpha value is -2.75. The molecule has 0 spiro atoms. The molecule has 1 aliphatic rings. The molecular formula is C18H22F2N4O4. The predicted octanol–water partition coefficient (Wildman–Crippen LogP) is 2.93. The van der Waals surface area contributed by atoms with Gasteiger partial charge in [-0.15, -0.1) is 0 Å². The summed E-state index contributed by atoms with van der Waals surface area (Å²) < 4.78 is 41.6. The van der Waals surface area contributed by atoms with Crippen molar-refractivity contribution in [2.45, 2.75) is 38.9 Å². The number of carbonyl (C=O) groups is 1. The largest absolute Gasteiger partial charge is 0.475 e. The topological polar surface area (TPSA) is 87.5 Å². The number of rotatable bonds is 7. The van der Waals surface area contributed by atoms with Crippen molar-refractivity contribution in [2.75, 3.05) is 18.5 Å². The van der Waals surface area contributed by atoms with Crippen LogP contribution in [0.3, 0.4) is 0 Å². The number of hydrogen-bond donors (Lipinski definition) is 1. The number of aryl methyl sites for hydroxylation is 2. The Kier molecular flexibility index (Phi) is 6.40. The third-order valence-electron chi connectivity index (χ3n) is 4.28. The number of nitrogens with zero attached hydrogens (tertiary/aromatic N) is 3. The minimum atomic E-state index is -2.96. The minimum Gasteiger partial charge on any atom is -0.475 e. The first-order chi connectivity index (χ1) is 13.4. The molecular weight excluding hydrogens is 374 g/mol. The van der Waals surface area contributed by atoms with E-state index < -0.39 is 12.5 Å². The molecule has 2 aromatic heterocycles. The van der Waals surface area contributed by atoms with Crippen LogP contribution in [0, 0.1) is 6.92 Å². The highest BCUT2D eigenvalue weighted by Gasteiger charge is 2.24. The molecule has 10 heteroatoms. The van der Waals surface area contributed by atoms with Gasteiger partial charge in [0, 0.05) is 19.7 Å². The quantitative estimate of drug-likeness (QED) is 0.774. The molecule has 0 radical (unpaired) electrons. The van der Waals surface area contributed by atoms with Crippen LogP contribution in [-0.2, 0) is 11.8 Å². The normalized spacial score (nSPS) is 16.8. The van der Waals surface area contributed by atoms with Crippen molar-refractivity contribution in [3.05, 3.63) is 29.6 Å². The fourth-order valence-corrected chi connectivity index (χ4v) is 2.98. The SMILES string of the molecule is Cc1nn(C)c(OCC2CCCCO2)c1C(=O)Nc1ccc(OC(F)F)nc1. The highest BCUT2D eigenvalue weighted by Crippen LogP contribution is 2.24. The number of amides is 1. The Labute approximate surface area is 160 Å². The first-order valence-electron chi connectivity index (χ1n) is 8.94. The van der Waals surface area contributed by atoms with Crippen molar-refractivity contribution in [3.63, 3.8) is 0 Å². The van der Waals surface area contributed by atoms with Crippen molar-refractivity contribution in [1.29, 1.82) is 0 Å². The predicted molar refractivity (Wildman–Crippen MR) is 95.9 cm³/mol. The number of nitrogens with one attached hydrogen (secondary N) is 1. The summed E-state index contributed by atoms with van der Waals surface area (Å²) in [5, 5.41) is 6.92. The van der Waals surface area contributed by atoms with Crippen molar-refractivity contribution in [2.24, 2.45) is 7.05 Å². The molecule has 1 aliphatic heterocycles. The zero-order valence-corrected chi connectivity index (χ0v) is 15.7. The number of anilines is 1. The monoisotopic (exact) mass is 396 g/mol. The second-order valence-electron chi connectivity index (χ2n) is 6.41. The minimum absolute atomic E-state index is 0.00792. The van der Waals surface area contributed by atoms with Crippen LogP contribution < -0.4 is 14.8 Å². The molecule has 1 N–H and O–H groups in total. The van der Waals surface area contributed by atoms with Crippen molar-refractivity contribution < 1.29 is 27.8 Å². The lowest BCUT2D eigenvalue weighted by Gasteiger charge is -2.22. The van der Waals surface area contributed by atoms with Crippen molar-refractivity contribution in [3.8, 4) is 11.8 Å². The first-order valence-corrected chi connectivity index (χ1v) is 8.94. The second-order valence-corrected chi connectivity index (χ2v) is 6.41.